The summed E-state index contributed by atoms with van der Waals surface area (Å²) in [6.07, 6.45) is 0. The second kappa shape index (κ2) is 4.06. The van der Waals surface area contributed by atoms with E-state index in [1.54, 1.807) is 0 Å². The molecule has 0 radical (unpaired) electrons. The molecule has 1 aromatic heterocycles. The van der Waals surface area contributed by atoms with Crippen LogP contribution in [0.15, 0.2) is 5.38 Å². The molecule has 1 fully saturated rings. The summed E-state index contributed by atoms with van der Waals surface area (Å²) in [4.78, 5) is 17.9. The van der Waals surface area contributed by atoms with Crippen LogP contribution in [0.5, 0.6) is 0 Å². The third kappa shape index (κ3) is 1.93. The third-order valence-corrected chi connectivity index (χ3v) is 3.15. The largest absolute Gasteiger partial charge is 0.334 e. The Morgan fingerprint density at radius 1 is 1.57 bits per heavy atom. The molecule has 0 spiro atoms. The highest BCUT2D eigenvalue weighted by molar-refractivity contribution is 7.11. The first-order valence-electron chi connectivity index (χ1n) is 4.69. The van der Waals surface area contributed by atoms with Crippen molar-refractivity contribution in [2.24, 2.45) is 0 Å². The lowest BCUT2D eigenvalue weighted by molar-refractivity contribution is 0.0735. The van der Waals surface area contributed by atoms with Gasteiger partial charge in [-0.25, -0.2) is 4.98 Å². The zero-order valence-electron chi connectivity index (χ0n) is 8.12. The van der Waals surface area contributed by atoms with Gasteiger partial charge in [-0.15, -0.1) is 11.3 Å². The van der Waals surface area contributed by atoms with E-state index >= 15 is 0 Å². The summed E-state index contributed by atoms with van der Waals surface area (Å²) in [7, 11) is 0. The molecule has 76 valence electrons. The molecule has 1 saturated heterocycles. The Morgan fingerprint density at radius 2 is 2.29 bits per heavy atom. The van der Waals surface area contributed by atoms with Gasteiger partial charge in [-0.1, -0.05) is 0 Å². The molecule has 1 amide bonds. The number of nitrogens with one attached hydrogen (secondary N) is 1. The van der Waals surface area contributed by atoms with E-state index in [0.29, 0.717) is 5.01 Å². The summed E-state index contributed by atoms with van der Waals surface area (Å²) in [5.74, 6) is 0.0737. The molecule has 0 bridgehead atoms. The number of carbonyl (C=O) groups excluding carboxylic acids is 1. The molecule has 1 aliphatic heterocycles. The van der Waals surface area contributed by atoms with Gasteiger partial charge in [0.2, 0.25) is 0 Å². The van der Waals surface area contributed by atoms with Crippen molar-refractivity contribution in [2.45, 2.75) is 6.92 Å². The molecule has 0 saturated carbocycles. The molecule has 1 aliphatic rings. The van der Waals surface area contributed by atoms with Gasteiger partial charge in [0.1, 0.15) is 0 Å². The Bertz CT molecular complexity index is 331. The van der Waals surface area contributed by atoms with Crippen molar-refractivity contribution in [1.82, 2.24) is 15.2 Å². The lowest BCUT2D eigenvalue weighted by Gasteiger charge is -2.26. The van der Waals surface area contributed by atoms with Crippen LogP contribution >= 0.6 is 11.3 Å². The third-order valence-electron chi connectivity index (χ3n) is 2.21. The van der Waals surface area contributed by atoms with Crippen LogP contribution in [0.3, 0.4) is 0 Å². The van der Waals surface area contributed by atoms with E-state index in [-0.39, 0.29) is 5.91 Å². The number of nitrogens with zero attached hydrogens (tertiary/aromatic N) is 2. The first-order chi connectivity index (χ1) is 6.77. The first-order valence-corrected chi connectivity index (χ1v) is 5.57. The highest BCUT2D eigenvalue weighted by Gasteiger charge is 2.19. The summed E-state index contributed by atoms with van der Waals surface area (Å²) < 4.78 is 0. The van der Waals surface area contributed by atoms with Crippen LogP contribution in [0.1, 0.15) is 15.5 Å². The minimum atomic E-state index is 0.0737. The smallest absolute Gasteiger partial charge is 0.282 e. The molecule has 1 N–H and O–H groups in total. The van der Waals surface area contributed by atoms with Crippen LogP contribution < -0.4 is 5.32 Å². The fourth-order valence-corrected chi connectivity index (χ4v) is 2.22. The van der Waals surface area contributed by atoms with Crippen LogP contribution in [0.2, 0.25) is 0 Å². The fourth-order valence-electron chi connectivity index (χ4n) is 1.46. The van der Waals surface area contributed by atoms with Crippen molar-refractivity contribution in [1.29, 1.82) is 0 Å². The maximum atomic E-state index is 11.9. The van der Waals surface area contributed by atoms with Gasteiger partial charge in [0.05, 0.1) is 0 Å². The number of hydrogen-bond acceptors (Lipinski definition) is 4. The number of rotatable bonds is 1. The first kappa shape index (κ1) is 9.61. The topological polar surface area (TPSA) is 45.2 Å². The Hall–Kier alpha value is -0.940. The van der Waals surface area contributed by atoms with E-state index in [9.17, 15) is 4.79 Å². The Labute approximate surface area is 86.9 Å². The number of hydrogen-bond donors (Lipinski definition) is 1. The molecule has 14 heavy (non-hydrogen) atoms. The minimum Gasteiger partial charge on any atom is -0.334 e. The van der Waals surface area contributed by atoms with Crippen molar-refractivity contribution in [3.8, 4) is 0 Å². The lowest BCUT2D eigenvalue weighted by Crippen LogP contribution is -2.46. The van der Waals surface area contributed by atoms with E-state index < -0.39 is 0 Å². The highest BCUT2D eigenvalue weighted by atomic mass is 32.1. The SMILES string of the molecule is Cc1csc(C(=O)N2CCNCC2)n1. The van der Waals surface area contributed by atoms with Crippen LogP contribution in [-0.2, 0) is 0 Å². The van der Waals surface area contributed by atoms with Crippen LogP contribution in [-0.4, -0.2) is 42.0 Å². The number of amides is 1. The normalized spacial score (nSPS) is 17.1. The van der Waals surface area contributed by atoms with Gasteiger partial charge in [0.15, 0.2) is 5.01 Å². The molecule has 4 nitrogen and oxygen atoms in total. The Balaban J connectivity index is 2.07. The number of aromatic nitrogens is 1. The van der Waals surface area contributed by atoms with Crippen LogP contribution in [0, 0.1) is 6.92 Å². The van der Waals surface area contributed by atoms with Crippen molar-refractivity contribution in [3.05, 3.63) is 16.1 Å². The fraction of sp³-hybridized carbons (Fsp3) is 0.556. The summed E-state index contributed by atoms with van der Waals surface area (Å²) in [5, 5.41) is 5.74. The van der Waals surface area contributed by atoms with Gasteiger partial charge in [0.25, 0.3) is 5.91 Å². The molecule has 2 heterocycles. The monoisotopic (exact) mass is 211 g/mol. The van der Waals surface area contributed by atoms with E-state index in [4.69, 9.17) is 0 Å². The number of piperazine rings is 1. The van der Waals surface area contributed by atoms with Gasteiger partial charge in [-0.2, -0.15) is 0 Å². The zero-order valence-corrected chi connectivity index (χ0v) is 8.93. The summed E-state index contributed by atoms with van der Waals surface area (Å²) in [6, 6.07) is 0. The van der Waals surface area contributed by atoms with E-state index in [2.05, 4.69) is 10.3 Å². The lowest BCUT2D eigenvalue weighted by atomic mass is 10.3. The van der Waals surface area contributed by atoms with Gasteiger partial charge >= 0.3 is 0 Å². The van der Waals surface area contributed by atoms with Gasteiger partial charge in [-0.05, 0) is 6.92 Å². The molecule has 0 atom stereocenters. The van der Waals surface area contributed by atoms with E-state index in [1.807, 2.05) is 17.2 Å². The molecule has 0 unspecified atom stereocenters. The molecule has 0 aliphatic carbocycles. The number of thiazole rings is 1. The molecule has 2 rings (SSSR count). The second-order valence-electron chi connectivity index (χ2n) is 3.34. The molecule has 0 aromatic carbocycles. The van der Waals surface area contributed by atoms with Crippen molar-refractivity contribution >= 4 is 17.2 Å². The summed E-state index contributed by atoms with van der Waals surface area (Å²) in [6.45, 7) is 5.26. The molecule has 1 aromatic rings. The predicted octanol–water partition coefficient (Wildman–Crippen LogP) is 0.497. The second-order valence-corrected chi connectivity index (χ2v) is 4.19. The summed E-state index contributed by atoms with van der Waals surface area (Å²) >= 11 is 1.43. The Morgan fingerprint density at radius 3 is 2.86 bits per heavy atom. The minimum absolute atomic E-state index is 0.0737. The number of carbonyl (C=O) groups is 1. The zero-order chi connectivity index (χ0) is 9.97. The average molecular weight is 211 g/mol. The van der Waals surface area contributed by atoms with Crippen LogP contribution in [0.4, 0.5) is 0 Å². The molecule has 5 heteroatoms. The van der Waals surface area contributed by atoms with Crippen molar-refractivity contribution < 1.29 is 4.79 Å². The highest BCUT2D eigenvalue weighted by Crippen LogP contribution is 2.11. The quantitative estimate of drug-likeness (QED) is 0.735. The van der Waals surface area contributed by atoms with Crippen LogP contribution in [0.25, 0.3) is 0 Å². The summed E-state index contributed by atoms with van der Waals surface area (Å²) in [5.41, 5.74) is 0.925. The average Bonchev–Trinajstić information content (AvgIpc) is 2.65. The van der Waals surface area contributed by atoms with Gasteiger partial charge < -0.3 is 10.2 Å². The van der Waals surface area contributed by atoms with Gasteiger partial charge in [-0.3, -0.25) is 4.79 Å². The standard InChI is InChI=1S/C9H13N3OS/c1-7-6-14-8(11-7)9(13)12-4-2-10-3-5-12/h6,10H,2-5H2,1H3. The van der Waals surface area contributed by atoms with Crippen molar-refractivity contribution in [3.63, 3.8) is 0 Å². The Kier molecular flexibility index (Phi) is 2.79. The number of aryl methyl sites for hydroxylation is 1. The van der Waals surface area contributed by atoms with Crippen molar-refractivity contribution in [2.75, 3.05) is 26.2 Å². The van der Waals surface area contributed by atoms with Gasteiger partial charge in [0, 0.05) is 37.3 Å². The van der Waals surface area contributed by atoms with E-state index in [0.717, 1.165) is 31.9 Å². The maximum absolute atomic E-state index is 11.9. The molecular formula is C9H13N3OS. The maximum Gasteiger partial charge on any atom is 0.282 e. The molecular weight excluding hydrogens is 198 g/mol. The predicted molar refractivity (Wildman–Crippen MR) is 55.6 cm³/mol. The van der Waals surface area contributed by atoms with E-state index in [1.165, 1.54) is 11.3 Å².